The molecule has 2 heterocycles. The van der Waals surface area contributed by atoms with Crippen LogP contribution >= 0.6 is 0 Å². The number of amides is 1. The van der Waals surface area contributed by atoms with E-state index in [2.05, 4.69) is 4.98 Å². The Morgan fingerprint density at radius 3 is 2.67 bits per heavy atom. The first kappa shape index (κ1) is 16.2. The third kappa shape index (κ3) is 3.02. The number of pyridine rings is 1. The molecule has 1 N–H and O–H groups in total. The van der Waals surface area contributed by atoms with Crippen molar-refractivity contribution in [1.29, 1.82) is 0 Å². The highest BCUT2D eigenvalue weighted by atomic mass is 16.4. The molecule has 1 saturated heterocycles. The molecule has 0 radical (unpaired) electrons. The van der Waals surface area contributed by atoms with Gasteiger partial charge in [0.25, 0.3) is 5.91 Å². The predicted octanol–water partition coefficient (Wildman–Crippen LogP) is 2.99. The quantitative estimate of drug-likeness (QED) is 0.942. The molecular weight excluding hydrogens is 304 g/mol. The molecule has 0 bridgehead atoms. The molecule has 0 aliphatic carbocycles. The van der Waals surface area contributed by atoms with Crippen LogP contribution in [0.3, 0.4) is 0 Å². The summed E-state index contributed by atoms with van der Waals surface area (Å²) in [5, 5.41) is 9.22. The molecule has 3 rings (SSSR count). The zero-order valence-electron chi connectivity index (χ0n) is 13.8. The van der Waals surface area contributed by atoms with E-state index in [1.165, 1.54) is 0 Å². The van der Waals surface area contributed by atoms with Crippen molar-refractivity contribution in [2.75, 3.05) is 6.54 Å². The Morgan fingerprint density at radius 2 is 2.00 bits per heavy atom. The van der Waals surface area contributed by atoms with E-state index in [4.69, 9.17) is 0 Å². The van der Waals surface area contributed by atoms with Gasteiger partial charge in [-0.1, -0.05) is 29.8 Å². The number of likely N-dealkylation sites (tertiary alicyclic amines) is 1. The number of carboxylic acids is 1. The van der Waals surface area contributed by atoms with Gasteiger partial charge in [0.1, 0.15) is 0 Å². The van der Waals surface area contributed by atoms with Crippen LogP contribution in [0.25, 0.3) is 11.1 Å². The fraction of sp³-hybridized carbons (Fsp3) is 0.316. The number of hydrogen-bond acceptors (Lipinski definition) is 3. The Kier molecular flexibility index (Phi) is 4.34. The van der Waals surface area contributed by atoms with Crippen LogP contribution in [0.5, 0.6) is 0 Å². The fourth-order valence-corrected chi connectivity index (χ4v) is 3.26. The van der Waals surface area contributed by atoms with Gasteiger partial charge >= 0.3 is 5.97 Å². The summed E-state index contributed by atoms with van der Waals surface area (Å²) in [5.74, 6) is -1.50. The van der Waals surface area contributed by atoms with Crippen molar-refractivity contribution >= 4 is 11.9 Å². The van der Waals surface area contributed by atoms with Gasteiger partial charge in [0.15, 0.2) is 0 Å². The van der Waals surface area contributed by atoms with E-state index >= 15 is 0 Å². The van der Waals surface area contributed by atoms with E-state index in [0.29, 0.717) is 18.5 Å². The summed E-state index contributed by atoms with van der Waals surface area (Å²) in [6, 6.07) is 9.53. The van der Waals surface area contributed by atoms with E-state index in [1.807, 2.05) is 37.3 Å². The summed E-state index contributed by atoms with van der Waals surface area (Å²) in [4.78, 5) is 29.8. The monoisotopic (exact) mass is 324 g/mol. The van der Waals surface area contributed by atoms with Gasteiger partial charge in [-0.2, -0.15) is 0 Å². The Balaban J connectivity index is 1.87. The standard InChI is InChI=1S/C19H20N2O3/c1-12-4-3-5-14(8-12)15-9-16(11-20-10-15)18(22)21-7-6-17(13(21)2)19(23)24/h3-5,8-11,13,17H,6-7H2,1-2H3,(H,23,24). The number of rotatable bonds is 3. The Hall–Kier alpha value is -2.69. The number of carbonyl (C=O) groups excluding carboxylic acids is 1. The van der Waals surface area contributed by atoms with Gasteiger partial charge in [-0.05, 0) is 31.9 Å². The second-order valence-electron chi connectivity index (χ2n) is 6.30. The Morgan fingerprint density at radius 1 is 1.21 bits per heavy atom. The van der Waals surface area contributed by atoms with Crippen molar-refractivity contribution in [3.63, 3.8) is 0 Å². The third-order valence-corrected chi connectivity index (χ3v) is 4.67. The van der Waals surface area contributed by atoms with Gasteiger partial charge in [-0.25, -0.2) is 0 Å². The maximum atomic E-state index is 12.8. The SMILES string of the molecule is Cc1cccc(-c2cncc(C(=O)N3CCC(C(=O)O)C3C)c2)c1. The summed E-state index contributed by atoms with van der Waals surface area (Å²) in [6.45, 7) is 4.27. The van der Waals surface area contributed by atoms with Gasteiger partial charge in [0.2, 0.25) is 0 Å². The van der Waals surface area contributed by atoms with Crippen molar-refractivity contribution in [2.45, 2.75) is 26.3 Å². The summed E-state index contributed by atoms with van der Waals surface area (Å²) >= 11 is 0. The minimum atomic E-state index is -0.843. The normalized spacial score (nSPS) is 20.2. The number of carboxylic acid groups (broad SMARTS) is 1. The topological polar surface area (TPSA) is 70.5 Å². The van der Waals surface area contributed by atoms with E-state index in [9.17, 15) is 14.7 Å². The number of benzene rings is 1. The van der Waals surface area contributed by atoms with Crippen molar-refractivity contribution in [1.82, 2.24) is 9.88 Å². The van der Waals surface area contributed by atoms with Crippen molar-refractivity contribution in [3.05, 3.63) is 53.9 Å². The number of nitrogens with zero attached hydrogens (tertiary/aromatic N) is 2. The number of carbonyl (C=O) groups is 2. The molecule has 1 aliphatic heterocycles. The summed E-state index contributed by atoms with van der Waals surface area (Å²) < 4.78 is 0. The van der Waals surface area contributed by atoms with Crippen LogP contribution in [0.1, 0.15) is 29.3 Å². The molecule has 1 aromatic heterocycles. The maximum Gasteiger partial charge on any atom is 0.308 e. The van der Waals surface area contributed by atoms with Crippen LogP contribution in [-0.2, 0) is 4.79 Å². The van der Waals surface area contributed by atoms with Gasteiger partial charge in [0, 0.05) is 30.5 Å². The molecule has 1 aromatic carbocycles. The van der Waals surface area contributed by atoms with E-state index in [-0.39, 0.29) is 11.9 Å². The first-order valence-corrected chi connectivity index (χ1v) is 8.03. The highest BCUT2D eigenvalue weighted by Gasteiger charge is 2.38. The van der Waals surface area contributed by atoms with Crippen LogP contribution in [-0.4, -0.2) is 39.5 Å². The molecule has 1 aliphatic rings. The largest absolute Gasteiger partial charge is 0.481 e. The van der Waals surface area contributed by atoms with Crippen molar-refractivity contribution in [2.24, 2.45) is 5.92 Å². The van der Waals surface area contributed by atoms with Crippen LogP contribution in [0.15, 0.2) is 42.7 Å². The average Bonchev–Trinajstić information content (AvgIpc) is 2.96. The second kappa shape index (κ2) is 6.43. The van der Waals surface area contributed by atoms with E-state index in [1.54, 1.807) is 24.2 Å². The Bertz CT molecular complexity index is 788. The minimum Gasteiger partial charge on any atom is -0.481 e. The molecule has 124 valence electrons. The fourth-order valence-electron chi connectivity index (χ4n) is 3.26. The van der Waals surface area contributed by atoms with Gasteiger partial charge in [-0.15, -0.1) is 0 Å². The smallest absolute Gasteiger partial charge is 0.308 e. The van der Waals surface area contributed by atoms with Crippen LogP contribution < -0.4 is 0 Å². The highest BCUT2D eigenvalue weighted by Crippen LogP contribution is 2.27. The summed E-state index contributed by atoms with van der Waals surface area (Å²) in [7, 11) is 0. The molecule has 24 heavy (non-hydrogen) atoms. The molecule has 2 aromatic rings. The summed E-state index contributed by atoms with van der Waals surface area (Å²) in [6.07, 6.45) is 3.77. The molecule has 0 spiro atoms. The Labute approximate surface area is 140 Å². The van der Waals surface area contributed by atoms with Gasteiger partial charge in [0.05, 0.1) is 11.5 Å². The highest BCUT2D eigenvalue weighted by molar-refractivity contribution is 5.96. The van der Waals surface area contributed by atoms with Gasteiger partial charge < -0.3 is 10.0 Å². The molecule has 0 saturated carbocycles. The lowest BCUT2D eigenvalue weighted by Crippen LogP contribution is -2.37. The number of hydrogen-bond donors (Lipinski definition) is 1. The zero-order chi connectivity index (χ0) is 17.3. The van der Waals surface area contributed by atoms with E-state index in [0.717, 1.165) is 16.7 Å². The molecular formula is C19H20N2O3. The molecule has 1 amide bonds. The second-order valence-corrected chi connectivity index (χ2v) is 6.30. The lowest BCUT2D eigenvalue weighted by Gasteiger charge is -2.23. The van der Waals surface area contributed by atoms with E-state index < -0.39 is 11.9 Å². The van der Waals surface area contributed by atoms with Crippen LogP contribution in [0.4, 0.5) is 0 Å². The van der Waals surface area contributed by atoms with Crippen molar-refractivity contribution < 1.29 is 14.7 Å². The molecule has 1 fully saturated rings. The maximum absolute atomic E-state index is 12.8. The zero-order valence-corrected chi connectivity index (χ0v) is 13.8. The lowest BCUT2D eigenvalue weighted by atomic mass is 10.0. The lowest BCUT2D eigenvalue weighted by molar-refractivity contribution is -0.142. The first-order chi connectivity index (χ1) is 11.5. The number of aromatic nitrogens is 1. The summed E-state index contributed by atoms with van der Waals surface area (Å²) in [5.41, 5.74) is 3.52. The molecule has 5 nitrogen and oxygen atoms in total. The van der Waals surface area contributed by atoms with Crippen LogP contribution in [0, 0.1) is 12.8 Å². The van der Waals surface area contributed by atoms with Gasteiger partial charge in [-0.3, -0.25) is 14.6 Å². The van der Waals surface area contributed by atoms with Crippen molar-refractivity contribution in [3.8, 4) is 11.1 Å². The first-order valence-electron chi connectivity index (χ1n) is 8.03. The minimum absolute atomic E-state index is 0.159. The average molecular weight is 324 g/mol. The third-order valence-electron chi connectivity index (χ3n) is 4.67. The number of aryl methyl sites for hydroxylation is 1. The predicted molar refractivity (Wildman–Crippen MR) is 90.7 cm³/mol. The van der Waals surface area contributed by atoms with Crippen LogP contribution in [0.2, 0.25) is 0 Å². The molecule has 2 unspecified atom stereocenters. The molecule has 2 atom stereocenters. The number of aliphatic carboxylic acids is 1. The molecule has 5 heteroatoms.